The number of carbonyl (C=O) groups is 1. The molecule has 1 aromatic carbocycles. The number of nitrogens with one attached hydrogen (secondary N) is 1. The summed E-state index contributed by atoms with van der Waals surface area (Å²) in [5, 5.41) is 3.00. The first kappa shape index (κ1) is 15.6. The monoisotopic (exact) mass is 287 g/mol. The highest BCUT2D eigenvalue weighted by molar-refractivity contribution is 5.87. The normalized spacial score (nSPS) is 18.6. The molecule has 2 rings (SSSR count). The number of nitrogens with zero attached hydrogens (tertiary/aromatic N) is 2. The second-order valence-corrected chi connectivity index (χ2v) is 5.85. The van der Waals surface area contributed by atoms with E-state index in [0.717, 1.165) is 32.6 Å². The maximum Gasteiger partial charge on any atom is 0.243 e. The summed E-state index contributed by atoms with van der Waals surface area (Å²) in [5.74, 6) is 0.548. The van der Waals surface area contributed by atoms with E-state index in [1.165, 1.54) is 5.69 Å². The third kappa shape index (κ3) is 5.23. The summed E-state index contributed by atoms with van der Waals surface area (Å²) in [6.45, 7) is 3.64. The molecule has 1 heterocycles. The Morgan fingerprint density at radius 3 is 2.86 bits per heavy atom. The fraction of sp³-hybridized carbons (Fsp3) is 0.471. The largest absolute Gasteiger partial charge is 0.371 e. The van der Waals surface area contributed by atoms with Crippen LogP contribution in [0.25, 0.3) is 0 Å². The van der Waals surface area contributed by atoms with Crippen molar-refractivity contribution in [2.75, 3.05) is 45.2 Å². The number of hydrogen-bond donors (Lipinski definition) is 1. The van der Waals surface area contributed by atoms with Gasteiger partial charge in [-0.05, 0) is 38.6 Å². The molecule has 1 atom stereocenters. The van der Waals surface area contributed by atoms with Gasteiger partial charge in [0.1, 0.15) is 0 Å². The van der Waals surface area contributed by atoms with Crippen LogP contribution < -0.4 is 10.2 Å². The molecule has 114 valence electrons. The number of rotatable bonds is 6. The molecule has 0 bridgehead atoms. The van der Waals surface area contributed by atoms with Crippen LogP contribution in [0.2, 0.25) is 0 Å². The smallest absolute Gasteiger partial charge is 0.243 e. The van der Waals surface area contributed by atoms with Crippen molar-refractivity contribution in [2.45, 2.75) is 6.42 Å². The Morgan fingerprint density at radius 2 is 2.14 bits per heavy atom. The van der Waals surface area contributed by atoms with E-state index >= 15 is 0 Å². The van der Waals surface area contributed by atoms with Crippen LogP contribution >= 0.6 is 0 Å². The van der Waals surface area contributed by atoms with Gasteiger partial charge in [0.2, 0.25) is 5.91 Å². The Kier molecular flexibility index (Phi) is 5.81. The van der Waals surface area contributed by atoms with Crippen molar-refractivity contribution < 1.29 is 4.79 Å². The second kappa shape index (κ2) is 7.84. The van der Waals surface area contributed by atoms with Gasteiger partial charge in [0, 0.05) is 37.9 Å². The average molecular weight is 287 g/mol. The molecule has 4 nitrogen and oxygen atoms in total. The Labute approximate surface area is 127 Å². The van der Waals surface area contributed by atoms with Crippen LogP contribution in [0.15, 0.2) is 42.5 Å². The van der Waals surface area contributed by atoms with Crippen molar-refractivity contribution in [1.29, 1.82) is 0 Å². The minimum Gasteiger partial charge on any atom is -0.371 e. The molecular formula is C17H25N3O. The Bertz CT molecular complexity index is 470. The highest BCUT2D eigenvalue weighted by atomic mass is 16.1. The van der Waals surface area contributed by atoms with E-state index in [0.29, 0.717) is 5.92 Å². The van der Waals surface area contributed by atoms with Crippen molar-refractivity contribution in [2.24, 2.45) is 5.92 Å². The zero-order chi connectivity index (χ0) is 15.1. The van der Waals surface area contributed by atoms with Crippen LogP contribution in [0.3, 0.4) is 0 Å². The van der Waals surface area contributed by atoms with Crippen LogP contribution in [-0.4, -0.2) is 51.1 Å². The molecule has 1 aliphatic rings. The van der Waals surface area contributed by atoms with Crippen LogP contribution in [0, 0.1) is 5.92 Å². The lowest BCUT2D eigenvalue weighted by Crippen LogP contribution is -2.30. The third-order valence-electron chi connectivity index (χ3n) is 3.71. The van der Waals surface area contributed by atoms with Crippen molar-refractivity contribution in [3.05, 3.63) is 42.5 Å². The number of hydrogen-bond acceptors (Lipinski definition) is 3. The first-order chi connectivity index (χ1) is 10.1. The van der Waals surface area contributed by atoms with E-state index in [4.69, 9.17) is 0 Å². The Hall–Kier alpha value is -1.81. The standard InChI is InChI=1S/C17H25N3O/c1-19(2)11-6-9-17(21)18-13-15-10-12-20(14-15)16-7-4-3-5-8-16/h3-9,15H,10-14H2,1-2H3,(H,18,21)/b9-6+. The summed E-state index contributed by atoms with van der Waals surface area (Å²) in [7, 11) is 3.97. The zero-order valence-electron chi connectivity index (χ0n) is 13.0. The maximum atomic E-state index is 11.7. The summed E-state index contributed by atoms with van der Waals surface area (Å²) in [6, 6.07) is 10.5. The van der Waals surface area contributed by atoms with Crippen LogP contribution in [0.5, 0.6) is 0 Å². The number of para-hydroxylation sites is 1. The number of amides is 1. The van der Waals surface area contributed by atoms with Crippen LogP contribution in [0.1, 0.15) is 6.42 Å². The van der Waals surface area contributed by atoms with E-state index in [2.05, 4.69) is 34.5 Å². The molecule has 0 radical (unpaired) electrons. The highest BCUT2D eigenvalue weighted by Crippen LogP contribution is 2.22. The summed E-state index contributed by atoms with van der Waals surface area (Å²) >= 11 is 0. The van der Waals surface area contributed by atoms with Crippen molar-refractivity contribution >= 4 is 11.6 Å². The molecule has 0 saturated carbocycles. The van der Waals surface area contributed by atoms with Crippen molar-refractivity contribution in [3.8, 4) is 0 Å². The van der Waals surface area contributed by atoms with Crippen molar-refractivity contribution in [3.63, 3.8) is 0 Å². The molecule has 1 saturated heterocycles. The first-order valence-corrected chi connectivity index (χ1v) is 7.54. The van der Waals surface area contributed by atoms with Gasteiger partial charge in [-0.1, -0.05) is 24.3 Å². The van der Waals surface area contributed by atoms with Gasteiger partial charge in [-0.2, -0.15) is 0 Å². The molecule has 1 unspecified atom stereocenters. The van der Waals surface area contributed by atoms with Crippen molar-refractivity contribution in [1.82, 2.24) is 10.2 Å². The predicted octanol–water partition coefficient (Wildman–Crippen LogP) is 1.75. The first-order valence-electron chi connectivity index (χ1n) is 7.54. The SMILES string of the molecule is CN(C)C/C=C/C(=O)NCC1CCN(c2ccccc2)C1. The number of anilines is 1. The van der Waals surface area contributed by atoms with E-state index < -0.39 is 0 Å². The Morgan fingerprint density at radius 1 is 1.38 bits per heavy atom. The zero-order valence-corrected chi connectivity index (χ0v) is 13.0. The maximum absolute atomic E-state index is 11.7. The minimum absolute atomic E-state index is 0.00927. The number of likely N-dealkylation sites (N-methyl/N-ethyl adjacent to an activating group) is 1. The molecule has 0 aliphatic carbocycles. The molecule has 1 fully saturated rings. The van der Waals surface area contributed by atoms with Gasteiger partial charge < -0.3 is 15.1 Å². The van der Waals surface area contributed by atoms with Gasteiger partial charge >= 0.3 is 0 Å². The highest BCUT2D eigenvalue weighted by Gasteiger charge is 2.22. The molecule has 1 aliphatic heterocycles. The molecule has 1 aromatic rings. The van der Waals surface area contributed by atoms with Crippen LogP contribution in [0.4, 0.5) is 5.69 Å². The summed E-state index contributed by atoms with van der Waals surface area (Å²) in [6.07, 6.45) is 4.65. The van der Waals surface area contributed by atoms with Gasteiger partial charge in [0.25, 0.3) is 0 Å². The van der Waals surface area contributed by atoms with E-state index in [1.54, 1.807) is 6.08 Å². The minimum atomic E-state index is 0.00927. The fourth-order valence-corrected chi connectivity index (χ4v) is 2.55. The van der Waals surface area contributed by atoms with E-state index in [9.17, 15) is 4.79 Å². The molecule has 0 spiro atoms. The lowest BCUT2D eigenvalue weighted by atomic mass is 10.1. The van der Waals surface area contributed by atoms with Crippen LogP contribution in [-0.2, 0) is 4.79 Å². The summed E-state index contributed by atoms with van der Waals surface area (Å²) in [5.41, 5.74) is 1.28. The van der Waals surface area contributed by atoms with Gasteiger partial charge in [-0.3, -0.25) is 4.79 Å². The molecular weight excluding hydrogens is 262 g/mol. The lowest BCUT2D eigenvalue weighted by molar-refractivity contribution is -0.116. The lowest BCUT2D eigenvalue weighted by Gasteiger charge is -2.18. The summed E-state index contributed by atoms with van der Waals surface area (Å²) in [4.78, 5) is 16.1. The van der Waals surface area contributed by atoms with Gasteiger partial charge in [0.05, 0.1) is 0 Å². The topological polar surface area (TPSA) is 35.6 Å². The molecule has 1 N–H and O–H groups in total. The molecule has 4 heteroatoms. The Balaban J connectivity index is 1.71. The number of carbonyl (C=O) groups excluding carboxylic acids is 1. The van der Waals surface area contributed by atoms with Gasteiger partial charge in [-0.15, -0.1) is 0 Å². The third-order valence-corrected chi connectivity index (χ3v) is 3.71. The molecule has 21 heavy (non-hydrogen) atoms. The number of benzene rings is 1. The quantitative estimate of drug-likeness (QED) is 0.810. The average Bonchev–Trinajstić information content (AvgIpc) is 2.94. The van der Waals surface area contributed by atoms with E-state index in [1.807, 2.05) is 31.1 Å². The summed E-state index contributed by atoms with van der Waals surface area (Å²) < 4.78 is 0. The molecule has 1 amide bonds. The molecule has 0 aromatic heterocycles. The van der Waals surface area contributed by atoms with Gasteiger partial charge in [0.15, 0.2) is 0 Å². The predicted molar refractivity (Wildman–Crippen MR) is 87.5 cm³/mol. The fourth-order valence-electron chi connectivity index (χ4n) is 2.55. The second-order valence-electron chi connectivity index (χ2n) is 5.85. The van der Waals surface area contributed by atoms with E-state index in [-0.39, 0.29) is 5.91 Å². The van der Waals surface area contributed by atoms with Gasteiger partial charge in [-0.25, -0.2) is 0 Å².